The van der Waals surface area contributed by atoms with Crippen molar-refractivity contribution in [1.82, 2.24) is 10.2 Å². The fourth-order valence-electron chi connectivity index (χ4n) is 4.90. The number of fused-ring (bicyclic) bond motifs is 1. The van der Waals surface area contributed by atoms with Crippen LogP contribution in [0.1, 0.15) is 26.3 Å². The van der Waals surface area contributed by atoms with Crippen molar-refractivity contribution in [3.63, 3.8) is 0 Å². The average molecular weight is 460 g/mol. The number of anilines is 1. The number of nitrogens with zero attached hydrogens (tertiary/aromatic N) is 2. The van der Waals surface area contributed by atoms with Gasteiger partial charge in [-0.05, 0) is 23.8 Å². The maximum absolute atomic E-state index is 13.5. The van der Waals surface area contributed by atoms with E-state index in [4.69, 9.17) is 11.6 Å². The Kier molecular flexibility index (Phi) is 6.02. The van der Waals surface area contributed by atoms with E-state index < -0.39 is 5.54 Å². The van der Waals surface area contributed by atoms with Crippen LogP contribution in [0, 0.1) is 0 Å². The standard InChI is InChI=1S/C27H26ClN3O2/c28-21-9-6-10-22(19-21)31-17-15-30(16-18-31)14-13-29-27(20-7-2-1-3-8-20)25(32)23-11-4-5-12-24(23)26(27)33/h1-12,19,29H,13-18H2. The zero-order valence-electron chi connectivity index (χ0n) is 18.3. The van der Waals surface area contributed by atoms with Crippen molar-refractivity contribution >= 4 is 28.9 Å². The fraction of sp³-hybridized carbons (Fsp3) is 0.259. The van der Waals surface area contributed by atoms with Crippen LogP contribution in [-0.4, -0.2) is 55.7 Å². The molecule has 168 valence electrons. The molecule has 5 rings (SSSR count). The summed E-state index contributed by atoms with van der Waals surface area (Å²) in [5.74, 6) is -0.333. The molecule has 0 bridgehead atoms. The first-order chi connectivity index (χ1) is 16.1. The lowest BCUT2D eigenvalue weighted by atomic mass is 9.84. The van der Waals surface area contributed by atoms with Gasteiger partial charge in [-0.2, -0.15) is 0 Å². The molecule has 1 N–H and O–H groups in total. The monoisotopic (exact) mass is 459 g/mol. The Hall–Kier alpha value is -2.99. The van der Waals surface area contributed by atoms with Crippen LogP contribution in [0.25, 0.3) is 0 Å². The summed E-state index contributed by atoms with van der Waals surface area (Å²) in [6.45, 7) is 4.94. The zero-order chi connectivity index (χ0) is 22.8. The van der Waals surface area contributed by atoms with Gasteiger partial charge in [-0.3, -0.25) is 19.8 Å². The topological polar surface area (TPSA) is 52.7 Å². The Morgan fingerprint density at radius 1 is 0.788 bits per heavy atom. The van der Waals surface area contributed by atoms with E-state index >= 15 is 0 Å². The SMILES string of the molecule is O=C1c2ccccc2C(=O)C1(NCCN1CCN(c2cccc(Cl)c2)CC1)c1ccccc1. The van der Waals surface area contributed by atoms with Gasteiger partial charge in [0.2, 0.25) is 0 Å². The molecule has 0 amide bonds. The Balaban J connectivity index is 1.28. The van der Waals surface area contributed by atoms with Crippen molar-refractivity contribution in [2.45, 2.75) is 5.54 Å². The third-order valence-corrected chi connectivity index (χ3v) is 6.90. The predicted molar refractivity (Wildman–Crippen MR) is 131 cm³/mol. The molecule has 3 aromatic carbocycles. The second-order valence-corrected chi connectivity index (χ2v) is 8.99. The molecule has 1 saturated heterocycles. The number of nitrogens with one attached hydrogen (secondary N) is 1. The van der Waals surface area contributed by atoms with Gasteiger partial charge in [-0.25, -0.2) is 0 Å². The minimum atomic E-state index is -1.35. The van der Waals surface area contributed by atoms with E-state index in [1.807, 2.05) is 60.7 Å². The van der Waals surface area contributed by atoms with Crippen molar-refractivity contribution in [3.8, 4) is 0 Å². The Bertz CT molecular complexity index is 1140. The van der Waals surface area contributed by atoms with Crippen LogP contribution in [0.15, 0.2) is 78.9 Å². The van der Waals surface area contributed by atoms with Crippen LogP contribution in [0.2, 0.25) is 5.02 Å². The van der Waals surface area contributed by atoms with Gasteiger partial charge in [0.05, 0.1) is 0 Å². The number of ketones is 2. The van der Waals surface area contributed by atoms with Gasteiger partial charge in [-0.15, -0.1) is 0 Å². The lowest BCUT2D eigenvalue weighted by Gasteiger charge is -2.37. The molecule has 6 heteroatoms. The van der Waals surface area contributed by atoms with Gasteiger partial charge in [0.25, 0.3) is 0 Å². The maximum atomic E-state index is 13.5. The predicted octanol–water partition coefficient (Wildman–Crippen LogP) is 4.03. The number of carbonyl (C=O) groups is 2. The first-order valence-corrected chi connectivity index (χ1v) is 11.7. The van der Waals surface area contributed by atoms with Crippen LogP contribution in [0.4, 0.5) is 5.69 Å². The largest absolute Gasteiger partial charge is 0.369 e. The minimum Gasteiger partial charge on any atom is -0.369 e. The van der Waals surface area contributed by atoms with Gasteiger partial charge in [0.1, 0.15) is 0 Å². The average Bonchev–Trinajstić information content (AvgIpc) is 3.08. The van der Waals surface area contributed by atoms with E-state index in [0.29, 0.717) is 23.2 Å². The van der Waals surface area contributed by atoms with Crippen LogP contribution >= 0.6 is 11.6 Å². The highest BCUT2D eigenvalue weighted by atomic mass is 35.5. The summed E-state index contributed by atoms with van der Waals surface area (Å²) in [6, 6.07) is 24.4. The summed E-state index contributed by atoms with van der Waals surface area (Å²) in [6.07, 6.45) is 0. The molecular weight excluding hydrogens is 434 g/mol. The smallest absolute Gasteiger partial charge is 0.196 e. The highest BCUT2D eigenvalue weighted by molar-refractivity contribution is 6.33. The molecule has 1 fully saturated rings. The highest BCUT2D eigenvalue weighted by Crippen LogP contribution is 2.37. The molecule has 0 aromatic heterocycles. The maximum Gasteiger partial charge on any atom is 0.196 e. The number of hydrogen-bond acceptors (Lipinski definition) is 5. The molecule has 0 radical (unpaired) electrons. The number of piperazine rings is 1. The van der Waals surface area contributed by atoms with E-state index in [1.165, 1.54) is 0 Å². The van der Waals surface area contributed by atoms with Gasteiger partial charge in [-0.1, -0.05) is 72.3 Å². The Morgan fingerprint density at radius 3 is 2.06 bits per heavy atom. The highest BCUT2D eigenvalue weighted by Gasteiger charge is 2.53. The molecule has 0 saturated carbocycles. The van der Waals surface area contributed by atoms with Gasteiger partial charge < -0.3 is 4.90 Å². The lowest BCUT2D eigenvalue weighted by molar-refractivity contribution is 0.0750. The third kappa shape index (κ3) is 3.97. The molecule has 0 spiro atoms. The normalized spacial score (nSPS) is 17.9. The first kappa shape index (κ1) is 21.8. The molecule has 33 heavy (non-hydrogen) atoms. The summed E-state index contributed by atoms with van der Waals surface area (Å²) in [4.78, 5) is 31.7. The number of Topliss-reactive ketones (excluding diaryl/α,β-unsaturated/α-hetero) is 2. The number of hydrogen-bond donors (Lipinski definition) is 1. The van der Waals surface area contributed by atoms with E-state index in [-0.39, 0.29) is 11.6 Å². The quantitative estimate of drug-likeness (QED) is 0.564. The lowest BCUT2D eigenvalue weighted by Crippen LogP contribution is -2.55. The van der Waals surface area contributed by atoms with Crippen molar-refractivity contribution in [2.75, 3.05) is 44.2 Å². The Morgan fingerprint density at radius 2 is 1.42 bits per heavy atom. The molecule has 2 aliphatic rings. The molecule has 5 nitrogen and oxygen atoms in total. The van der Waals surface area contributed by atoms with E-state index in [2.05, 4.69) is 21.2 Å². The van der Waals surface area contributed by atoms with Gasteiger partial charge in [0, 0.05) is 61.1 Å². The van der Waals surface area contributed by atoms with Crippen LogP contribution in [0.5, 0.6) is 0 Å². The van der Waals surface area contributed by atoms with E-state index in [0.717, 1.165) is 43.4 Å². The summed E-state index contributed by atoms with van der Waals surface area (Å²) in [5.41, 5.74) is 1.47. The zero-order valence-corrected chi connectivity index (χ0v) is 19.1. The number of carbonyl (C=O) groups excluding carboxylic acids is 2. The summed E-state index contributed by atoms with van der Waals surface area (Å²) in [5, 5.41) is 4.13. The first-order valence-electron chi connectivity index (χ1n) is 11.3. The van der Waals surface area contributed by atoms with Gasteiger partial charge >= 0.3 is 0 Å². The molecular formula is C27H26ClN3O2. The van der Waals surface area contributed by atoms with Gasteiger partial charge in [0.15, 0.2) is 17.1 Å². The van der Waals surface area contributed by atoms with Crippen LogP contribution in [-0.2, 0) is 5.54 Å². The number of halogens is 1. The minimum absolute atomic E-state index is 0.167. The second kappa shape index (κ2) is 9.10. The van der Waals surface area contributed by atoms with Crippen molar-refractivity contribution in [2.24, 2.45) is 0 Å². The van der Waals surface area contributed by atoms with E-state index in [9.17, 15) is 9.59 Å². The second-order valence-electron chi connectivity index (χ2n) is 8.56. The number of benzene rings is 3. The number of rotatable bonds is 6. The van der Waals surface area contributed by atoms with Crippen molar-refractivity contribution in [1.29, 1.82) is 0 Å². The molecule has 1 aliphatic heterocycles. The fourth-order valence-corrected chi connectivity index (χ4v) is 5.09. The van der Waals surface area contributed by atoms with Crippen LogP contribution < -0.4 is 10.2 Å². The summed E-state index contributed by atoms with van der Waals surface area (Å²) >= 11 is 6.14. The molecule has 0 atom stereocenters. The van der Waals surface area contributed by atoms with Crippen molar-refractivity contribution in [3.05, 3.63) is 101 Å². The summed E-state index contributed by atoms with van der Waals surface area (Å²) in [7, 11) is 0. The van der Waals surface area contributed by atoms with Crippen LogP contribution in [0.3, 0.4) is 0 Å². The third-order valence-electron chi connectivity index (χ3n) is 6.67. The summed E-state index contributed by atoms with van der Waals surface area (Å²) < 4.78 is 0. The van der Waals surface area contributed by atoms with E-state index in [1.54, 1.807) is 12.1 Å². The molecule has 0 unspecified atom stereocenters. The Labute approximate surface area is 199 Å². The molecule has 1 heterocycles. The molecule has 3 aromatic rings. The molecule has 1 aliphatic carbocycles. The van der Waals surface area contributed by atoms with Crippen molar-refractivity contribution < 1.29 is 9.59 Å².